The minimum absolute atomic E-state index is 0.149. The second kappa shape index (κ2) is 7.64. The number of piperidine rings is 1. The highest BCUT2D eigenvalue weighted by Crippen LogP contribution is 2.40. The van der Waals surface area contributed by atoms with Crippen LogP contribution in [0.15, 0.2) is 59.7 Å². The van der Waals surface area contributed by atoms with Gasteiger partial charge in [-0.25, -0.2) is 0 Å². The fraction of sp³-hybridized carbons (Fsp3) is 0.292. The third-order valence-electron chi connectivity index (χ3n) is 5.77. The second-order valence-electron chi connectivity index (χ2n) is 7.36. The highest BCUT2D eigenvalue weighted by atomic mass is 16.5. The van der Waals surface area contributed by atoms with E-state index in [1.807, 2.05) is 60.7 Å². The number of methoxy groups -OCH3 is 2. The van der Waals surface area contributed by atoms with Gasteiger partial charge in [-0.2, -0.15) is 0 Å². The minimum Gasteiger partial charge on any atom is -0.497 e. The Morgan fingerprint density at radius 2 is 1.32 bits per heavy atom. The van der Waals surface area contributed by atoms with Gasteiger partial charge in [-0.1, -0.05) is 24.3 Å². The molecule has 2 aromatic rings. The molecule has 2 heterocycles. The molecule has 4 rings (SSSR count). The number of benzene rings is 2. The number of fused-ring (bicyclic) bond motifs is 2. The van der Waals surface area contributed by atoms with Crippen molar-refractivity contribution in [3.63, 3.8) is 0 Å². The molecule has 0 aliphatic carbocycles. The molecule has 2 saturated heterocycles. The van der Waals surface area contributed by atoms with Crippen LogP contribution in [0.1, 0.15) is 24.0 Å². The number of ether oxygens (including phenoxy) is 2. The van der Waals surface area contributed by atoms with E-state index in [0.717, 1.165) is 46.6 Å². The van der Waals surface area contributed by atoms with E-state index in [2.05, 4.69) is 11.9 Å². The van der Waals surface area contributed by atoms with Gasteiger partial charge in [-0.05, 0) is 67.4 Å². The van der Waals surface area contributed by atoms with Crippen LogP contribution in [-0.2, 0) is 4.79 Å². The molecule has 2 aliphatic heterocycles. The van der Waals surface area contributed by atoms with Crippen molar-refractivity contribution in [3.05, 3.63) is 70.8 Å². The molecule has 28 heavy (non-hydrogen) atoms. The Labute approximate surface area is 166 Å². The number of carbonyl (C=O) groups is 1. The number of nitrogens with zero attached hydrogens (tertiary/aromatic N) is 1. The quantitative estimate of drug-likeness (QED) is 0.750. The zero-order valence-electron chi connectivity index (χ0n) is 16.5. The van der Waals surface area contributed by atoms with Crippen LogP contribution < -0.4 is 9.47 Å². The Morgan fingerprint density at radius 3 is 1.75 bits per heavy atom. The Morgan fingerprint density at radius 1 is 0.857 bits per heavy atom. The van der Waals surface area contributed by atoms with E-state index < -0.39 is 0 Å². The van der Waals surface area contributed by atoms with E-state index in [1.54, 1.807) is 14.2 Å². The molecule has 0 saturated carbocycles. The lowest BCUT2D eigenvalue weighted by atomic mass is 9.88. The summed E-state index contributed by atoms with van der Waals surface area (Å²) in [6.45, 7) is 0. The summed E-state index contributed by atoms with van der Waals surface area (Å²) >= 11 is 0. The summed E-state index contributed by atoms with van der Waals surface area (Å²) in [5.41, 5.74) is 3.70. The van der Waals surface area contributed by atoms with Crippen molar-refractivity contribution >= 4 is 17.9 Å². The van der Waals surface area contributed by atoms with Crippen molar-refractivity contribution in [1.82, 2.24) is 4.90 Å². The molecular weight excluding hydrogens is 350 g/mol. The van der Waals surface area contributed by atoms with Crippen LogP contribution in [0.25, 0.3) is 12.2 Å². The van der Waals surface area contributed by atoms with Gasteiger partial charge < -0.3 is 9.47 Å². The number of rotatable bonds is 4. The number of likely N-dealkylation sites (N-methyl/N-ethyl adjacent to an activating group) is 1. The monoisotopic (exact) mass is 375 g/mol. The second-order valence-corrected chi connectivity index (χ2v) is 7.36. The van der Waals surface area contributed by atoms with Crippen molar-refractivity contribution in [3.8, 4) is 11.5 Å². The lowest BCUT2D eigenvalue weighted by Gasteiger charge is -2.34. The summed E-state index contributed by atoms with van der Waals surface area (Å²) in [5.74, 6) is 1.74. The van der Waals surface area contributed by atoms with Crippen molar-refractivity contribution in [2.75, 3.05) is 21.3 Å². The first kappa shape index (κ1) is 18.5. The van der Waals surface area contributed by atoms with E-state index >= 15 is 0 Å². The van der Waals surface area contributed by atoms with Gasteiger partial charge in [-0.3, -0.25) is 9.69 Å². The Bertz CT molecular complexity index is 884. The molecule has 4 nitrogen and oxygen atoms in total. The molecular formula is C24H25NO3. The minimum atomic E-state index is 0.149. The van der Waals surface area contributed by atoms with Crippen molar-refractivity contribution in [1.29, 1.82) is 0 Å². The van der Waals surface area contributed by atoms with Crippen molar-refractivity contribution in [2.45, 2.75) is 24.9 Å². The van der Waals surface area contributed by atoms with Crippen LogP contribution in [0.2, 0.25) is 0 Å². The molecule has 2 bridgehead atoms. The number of ketones is 1. The van der Waals surface area contributed by atoms with Gasteiger partial charge in [0.25, 0.3) is 0 Å². The van der Waals surface area contributed by atoms with Gasteiger partial charge in [-0.15, -0.1) is 0 Å². The van der Waals surface area contributed by atoms with Crippen LogP contribution in [0.4, 0.5) is 0 Å². The summed E-state index contributed by atoms with van der Waals surface area (Å²) in [6.07, 6.45) is 6.04. The zero-order chi connectivity index (χ0) is 19.7. The van der Waals surface area contributed by atoms with E-state index in [9.17, 15) is 4.79 Å². The maximum Gasteiger partial charge on any atom is 0.188 e. The highest BCUT2D eigenvalue weighted by Gasteiger charge is 2.44. The lowest BCUT2D eigenvalue weighted by molar-refractivity contribution is -0.114. The first-order chi connectivity index (χ1) is 13.6. The Hall–Kier alpha value is -2.85. The summed E-state index contributed by atoms with van der Waals surface area (Å²) in [6, 6.07) is 16.0. The average molecular weight is 375 g/mol. The number of hydrogen-bond donors (Lipinski definition) is 0. The van der Waals surface area contributed by atoms with Gasteiger partial charge in [0.05, 0.1) is 14.2 Å². The maximum absolute atomic E-state index is 13.4. The fourth-order valence-corrected chi connectivity index (χ4v) is 4.30. The van der Waals surface area contributed by atoms with Gasteiger partial charge >= 0.3 is 0 Å². The average Bonchev–Trinajstić information content (AvgIpc) is 3.04. The van der Waals surface area contributed by atoms with Crippen LogP contribution in [-0.4, -0.2) is 44.0 Å². The van der Waals surface area contributed by atoms with E-state index in [-0.39, 0.29) is 17.9 Å². The summed E-state index contributed by atoms with van der Waals surface area (Å²) in [4.78, 5) is 15.8. The third kappa shape index (κ3) is 3.36. The van der Waals surface area contributed by atoms with Gasteiger partial charge in [0.15, 0.2) is 5.78 Å². The summed E-state index contributed by atoms with van der Waals surface area (Å²) in [7, 11) is 5.43. The maximum atomic E-state index is 13.4. The summed E-state index contributed by atoms with van der Waals surface area (Å²) < 4.78 is 10.7. The molecule has 2 unspecified atom stereocenters. The molecule has 0 radical (unpaired) electrons. The molecule has 2 atom stereocenters. The molecule has 0 N–H and O–H groups in total. The molecule has 2 aromatic carbocycles. The van der Waals surface area contributed by atoms with Gasteiger partial charge in [0.1, 0.15) is 11.5 Å². The largest absolute Gasteiger partial charge is 0.497 e. The van der Waals surface area contributed by atoms with Crippen LogP contribution in [0.3, 0.4) is 0 Å². The van der Waals surface area contributed by atoms with Crippen LogP contribution >= 0.6 is 0 Å². The number of carbonyl (C=O) groups excluding carboxylic acids is 1. The standard InChI is InChI=1S/C24H25NO3/c1-25-22-10-11-23(25)21(15-17-7-5-9-19(13-17)28-3)24(26)20(22)14-16-6-4-8-18(12-16)27-2/h4-9,12-15,22-23H,10-11H2,1-3H3/b20-14+,21-15+. The SMILES string of the molecule is COc1cccc(/C=C2/C(=O)/C(=C/c3cccc(OC)c3)C3CCC2N3C)c1. The topological polar surface area (TPSA) is 38.8 Å². The zero-order valence-corrected chi connectivity index (χ0v) is 16.5. The molecule has 0 spiro atoms. The third-order valence-corrected chi connectivity index (χ3v) is 5.77. The van der Waals surface area contributed by atoms with Crippen molar-refractivity contribution in [2.24, 2.45) is 0 Å². The van der Waals surface area contributed by atoms with Gasteiger partial charge in [0, 0.05) is 23.2 Å². The summed E-state index contributed by atoms with van der Waals surface area (Å²) in [5, 5.41) is 0. The van der Waals surface area contributed by atoms with E-state index in [4.69, 9.17) is 9.47 Å². The lowest BCUT2D eigenvalue weighted by Crippen LogP contribution is -2.43. The number of hydrogen-bond acceptors (Lipinski definition) is 4. The number of Topliss-reactive ketones (excluding diaryl/α,β-unsaturated/α-hetero) is 1. The van der Waals surface area contributed by atoms with Crippen LogP contribution in [0, 0.1) is 0 Å². The fourth-order valence-electron chi connectivity index (χ4n) is 4.30. The molecule has 144 valence electrons. The molecule has 0 aromatic heterocycles. The predicted octanol–water partition coefficient (Wildman–Crippen LogP) is 4.22. The smallest absolute Gasteiger partial charge is 0.188 e. The molecule has 0 amide bonds. The Balaban J connectivity index is 1.75. The van der Waals surface area contributed by atoms with Gasteiger partial charge in [0.2, 0.25) is 0 Å². The Kier molecular flexibility index (Phi) is 5.05. The molecule has 4 heteroatoms. The van der Waals surface area contributed by atoms with Crippen molar-refractivity contribution < 1.29 is 14.3 Å². The molecule has 2 fully saturated rings. The highest BCUT2D eigenvalue weighted by molar-refractivity contribution is 6.16. The predicted molar refractivity (Wildman–Crippen MR) is 112 cm³/mol. The molecule has 2 aliphatic rings. The first-order valence-electron chi connectivity index (χ1n) is 9.58. The first-order valence-corrected chi connectivity index (χ1v) is 9.58. The van der Waals surface area contributed by atoms with E-state index in [0.29, 0.717) is 0 Å². The normalized spacial score (nSPS) is 24.8. The van der Waals surface area contributed by atoms with Crippen LogP contribution in [0.5, 0.6) is 11.5 Å². The van der Waals surface area contributed by atoms with E-state index in [1.165, 1.54) is 0 Å².